The molecule has 14 heavy (non-hydrogen) atoms. The lowest BCUT2D eigenvalue weighted by Gasteiger charge is -2.10. The van der Waals surface area contributed by atoms with E-state index in [0.717, 1.165) is 0 Å². The van der Waals surface area contributed by atoms with Crippen LogP contribution in [0.2, 0.25) is 10.0 Å². The molecule has 0 bridgehead atoms. The molecule has 0 amide bonds. The Morgan fingerprint density at radius 1 is 1.43 bits per heavy atom. The molecule has 1 rings (SSSR count). The summed E-state index contributed by atoms with van der Waals surface area (Å²) in [6.07, 6.45) is 0. The minimum Gasteiger partial charge on any atom is -0.492 e. The van der Waals surface area contributed by atoms with E-state index in [1.165, 1.54) is 6.92 Å². The zero-order valence-corrected chi connectivity index (χ0v) is 9.45. The van der Waals surface area contributed by atoms with Gasteiger partial charge in [-0.3, -0.25) is 4.79 Å². The van der Waals surface area contributed by atoms with Crippen LogP contribution >= 0.6 is 23.2 Å². The van der Waals surface area contributed by atoms with Gasteiger partial charge in [-0.05, 0) is 26.0 Å². The molecule has 0 fully saturated rings. The van der Waals surface area contributed by atoms with E-state index >= 15 is 0 Å². The summed E-state index contributed by atoms with van der Waals surface area (Å²) >= 11 is 11.7. The van der Waals surface area contributed by atoms with Crippen LogP contribution in [0.3, 0.4) is 0 Å². The molecular formula is C10H10Cl2O2. The van der Waals surface area contributed by atoms with Crippen molar-refractivity contribution in [2.75, 3.05) is 6.61 Å². The highest BCUT2D eigenvalue weighted by Crippen LogP contribution is 2.32. The van der Waals surface area contributed by atoms with Crippen molar-refractivity contribution in [3.8, 4) is 5.75 Å². The molecule has 0 atom stereocenters. The van der Waals surface area contributed by atoms with E-state index in [-0.39, 0.29) is 5.78 Å². The highest BCUT2D eigenvalue weighted by molar-refractivity contribution is 6.36. The van der Waals surface area contributed by atoms with Crippen LogP contribution in [0.25, 0.3) is 0 Å². The monoisotopic (exact) mass is 232 g/mol. The summed E-state index contributed by atoms with van der Waals surface area (Å²) in [7, 11) is 0. The molecule has 1 aromatic rings. The van der Waals surface area contributed by atoms with Gasteiger partial charge >= 0.3 is 0 Å². The van der Waals surface area contributed by atoms with E-state index in [1.54, 1.807) is 12.1 Å². The fourth-order valence-electron chi connectivity index (χ4n) is 1.11. The largest absolute Gasteiger partial charge is 0.492 e. The van der Waals surface area contributed by atoms with Crippen LogP contribution in [0.15, 0.2) is 12.1 Å². The van der Waals surface area contributed by atoms with Crippen molar-refractivity contribution >= 4 is 29.0 Å². The smallest absolute Gasteiger partial charge is 0.163 e. The lowest BCUT2D eigenvalue weighted by Crippen LogP contribution is -2.01. The second kappa shape index (κ2) is 4.67. The van der Waals surface area contributed by atoms with Crippen LogP contribution in [-0.2, 0) is 0 Å². The zero-order valence-electron chi connectivity index (χ0n) is 7.93. The molecule has 0 saturated heterocycles. The fraction of sp³-hybridized carbons (Fsp3) is 0.300. The Labute approximate surface area is 92.8 Å². The Morgan fingerprint density at radius 2 is 2.07 bits per heavy atom. The molecule has 0 aliphatic heterocycles. The van der Waals surface area contributed by atoms with Gasteiger partial charge in [-0.2, -0.15) is 0 Å². The van der Waals surface area contributed by atoms with E-state index in [9.17, 15) is 4.79 Å². The first-order chi connectivity index (χ1) is 6.56. The van der Waals surface area contributed by atoms with Gasteiger partial charge < -0.3 is 4.74 Å². The van der Waals surface area contributed by atoms with Gasteiger partial charge in [-0.1, -0.05) is 23.2 Å². The molecule has 0 aromatic heterocycles. The predicted molar refractivity (Wildman–Crippen MR) is 57.6 cm³/mol. The molecule has 0 radical (unpaired) electrons. The third kappa shape index (κ3) is 2.40. The van der Waals surface area contributed by atoms with Gasteiger partial charge in [0, 0.05) is 5.02 Å². The van der Waals surface area contributed by atoms with Crippen LogP contribution in [0, 0.1) is 0 Å². The van der Waals surface area contributed by atoms with Crippen molar-refractivity contribution in [2.24, 2.45) is 0 Å². The maximum atomic E-state index is 11.2. The van der Waals surface area contributed by atoms with Crippen molar-refractivity contribution in [3.63, 3.8) is 0 Å². The number of hydrogen-bond acceptors (Lipinski definition) is 2. The van der Waals surface area contributed by atoms with E-state index in [0.29, 0.717) is 28.0 Å². The topological polar surface area (TPSA) is 26.3 Å². The molecule has 76 valence electrons. The second-order valence-electron chi connectivity index (χ2n) is 2.75. The standard InChI is InChI=1S/C10H10Cl2O2/c1-3-14-10-8(6(2)13)4-7(11)5-9(10)12/h4-5H,3H2,1-2H3. The van der Waals surface area contributed by atoms with Crippen LogP contribution in [-0.4, -0.2) is 12.4 Å². The molecule has 0 unspecified atom stereocenters. The maximum absolute atomic E-state index is 11.2. The fourth-order valence-corrected chi connectivity index (χ4v) is 1.66. The minimum atomic E-state index is -0.113. The summed E-state index contributed by atoms with van der Waals surface area (Å²) in [6.45, 7) is 3.74. The van der Waals surface area contributed by atoms with Crippen molar-refractivity contribution in [1.29, 1.82) is 0 Å². The van der Waals surface area contributed by atoms with E-state index in [2.05, 4.69) is 0 Å². The Kier molecular flexibility index (Phi) is 3.78. The summed E-state index contributed by atoms with van der Waals surface area (Å²) in [5.74, 6) is 0.295. The average molecular weight is 233 g/mol. The molecule has 0 saturated carbocycles. The summed E-state index contributed by atoms with van der Waals surface area (Å²) in [6, 6.07) is 3.11. The third-order valence-corrected chi connectivity index (χ3v) is 2.18. The molecule has 0 heterocycles. The number of halogens is 2. The Bertz CT molecular complexity index is 361. The number of carbonyl (C=O) groups excluding carboxylic acids is 1. The normalized spacial score (nSPS) is 10.0. The summed E-state index contributed by atoms with van der Waals surface area (Å²) in [5.41, 5.74) is 0.421. The Balaban J connectivity index is 3.28. The van der Waals surface area contributed by atoms with Crippen molar-refractivity contribution in [1.82, 2.24) is 0 Å². The van der Waals surface area contributed by atoms with Gasteiger partial charge in [-0.15, -0.1) is 0 Å². The molecule has 0 spiro atoms. The molecule has 0 N–H and O–H groups in total. The highest BCUT2D eigenvalue weighted by Gasteiger charge is 2.13. The first-order valence-electron chi connectivity index (χ1n) is 4.19. The quantitative estimate of drug-likeness (QED) is 0.745. The van der Waals surface area contributed by atoms with Gasteiger partial charge in [0.05, 0.1) is 17.2 Å². The number of hydrogen-bond donors (Lipinski definition) is 0. The summed E-state index contributed by atoms with van der Waals surface area (Å²) in [4.78, 5) is 11.2. The highest BCUT2D eigenvalue weighted by atomic mass is 35.5. The Hall–Kier alpha value is -0.730. The van der Waals surface area contributed by atoms with Crippen LogP contribution in [0.4, 0.5) is 0 Å². The first-order valence-corrected chi connectivity index (χ1v) is 4.94. The number of Topliss-reactive ketones (excluding diaryl/α,β-unsaturated/α-hetero) is 1. The number of ketones is 1. The minimum absolute atomic E-state index is 0.113. The van der Waals surface area contributed by atoms with Gasteiger partial charge in [0.25, 0.3) is 0 Å². The van der Waals surface area contributed by atoms with Crippen molar-refractivity contribution in [2.45, 2.75) is 13.8 Å². The van der Waals surface area contributed by atoms with Gasteiger partial charge in [0.15, 0.2) is 5.78 Å². The summed E-state index contributed by atoms with van der Waals surface area (Å²) in [5, 5.41) is 0.799. The van der Waals surface area contributed by atoms with Gasteiger partial charge in [0.2, 0.25) is 0 Å². The number of ether oxygens (including phenoxy) is 1. The number of rotatable bonds is 3. The van der Waals surface area contributed by atoms with Gasteiger partial charge in [0.1, 0.15) is 5.75 Å². The number of benzene rings is 1. The molecule has 0 aliphatic carbocycles. The lowest BCUT2D eigenvalue weighted by atomic mass is 10.1. The average Bonchev–Trinajstić information content (AvgIpc) is 2.09. The SMILES string of the molecule is CCOc1c(Cl)cc(Cl)cc1C(C)=O. The van der Waals surface area contributed by atoms with Crippen LogP contribution in [0.5, 0.6) is 5.75 Å². The van der Waals surface area contributed by atoms with Crippen molar-refractivity contribution in [3.05, 3.63) is 27.7 Å². The maximum Gasteiger partial charge on any atom is 0.163 e. The molecule has 4 heteroatoms. The molecule has 2 nitrogen and oxygen atoms in total. The van der Waals surface area contributed by atoms with E-state index in [4.69, 9.17) is 27.9 Å². The second-order valence-corrected chi connectivity index (χ2v) is 3.60. The van der Waals surface area contributed by atoms with Crippen LogP contribution in [0.1, 0.15) is 24.2 Å². The van der Waals surface area contributed by atoms with Crippen LogP contribution < -0.4 is 4.74 Å². The summed E-state index contributed by atoms with van der Waals surface area (Å²) < 4.78 is 5.27. The molecular weight excluding hydrogens is 223 g/mol. The predicted octanol–water partition coefficient (Wildman–Crippen LogP) is 3.59. The zero-order chi connectivity index (χ0) is 10.7. The third-order valence-electron chi connectivity index (χ3n) is 1.68. The van der Waals surface area contributed by atoms with Crippen molar-refractivity contribution < 1.29 is 9.53 Å². The van der Waals surface area contributed by atoms with E-state index in [1.807, 2.05) is 6.92 Å². The molecule has 0 aliphatic rings. The number of carbonyl (C=O) groups is 1. The molecule has 1 aromatic carbocycles. The lowest BCUT2D eigenvalue weighted by molar-refractivity contribution is 0.101. The Morgan fingerprint density at radius 3 is 2.57 bits per heavy atom. The van der Waals surface area contributed by atoms with Gasteiger partial charge in [-0.25, -0.2) is 0 Å². The first kappa shape index (κ1) is 11.3. The van der Waals surface area contributed by atoms with E-state index < -0.39 is 0 Å².